The number of hydrogen-bond donors (Lipinski definition) is 0. The molecule has 0 fully saturated rings. The number of rotatable bonds is 9. The molecule has 0 spiro atoms. The lowest BCUT2D eigenvalue weighted by molar-refractivity contribution is 0.639. The van der Waals surface area contributed by atoms with Crippen molar-refractivity contribution in [2.75, 3.05) is 11.4 Å². The first-order valence-electron chi connectivity index (χ1n) is 7.78. The molecule has 0 aliphatic carbocycles. The maximum absolute atomic E-state index is 4.21. The molecule has 1 rings (SSSR count). The van der Waals surface area contributed by atoms with Gasteiger partial charge in [-0.15, -0.1) is 0 Å². The zero-order chi connectivity index (χ0) is 15.7. The zero-order valence-corrected chi connectivity index (χ0v) is 13.7. The first kappa shape index (κ1) is 17.2. The summed E-state index contributed by atoms with van der Waals surface area (Å²) >= 11 is 0. The molecule has 0 N–H and O–H groups in total. The second kappa shape index (κ2) is 9.17. The van der Waals surface area contributed by atoms with E-state index in [1.165, 1.54) is 23.2 Å². The van der Waals surface area contributed by atoms with Gasteiger partial charge in [-0.25, -0.2) is 0 Å². The van der Waals surface area contributed by atoms with E-state index >= 15 is 0 Å². The van der Waals surface area contributed by atoms with Crippen molar-refractivity contribution in [1.82, 2.24) is 0 Å². The van der Waals surface area contributed by atoms with Crippen LogP contribution in [0.15, 0.2) is 53.8 Å². The van der Waals surface area contributed by atoms with Crippen LogP contribution in [0, 0.1) is 5.92 Å². The van der Waals surface area contributed by atoms with Crippen LogP contribution in [0.4, 0.5) is 5.69 Å². The number of aliphatic imine (C=N–C) groups is 1. The van der Waals surface area contributed by atoms with Crippen molar-refractivity contribution in [1.29, 1.82) is 0 Å². The quantitative estimate of drug-likeness (QED) is 0.448. The SMILES string of the molecule is C=N/C=C\N(CC)c1cccc(CC(C)C(=C)CCC)c1. The van der Waals surface area contributed by atoms with Crippen LogP contribution in [0.5, 0.6) is 0 Å². The molecule has 2 heteroatoms. The summed E-state index contributed by atoms with van der Waals surface area (Å²) in [5.41, 5.74) is 3.91. The van der Waals surface area contributed by atoms with Crippen molar-refractivity contribution < 1.29 is 0 Å². The minimum Gasteiger partial charge on any atom is -0.347 e. The van der Waals surface area contributed by atoms with Gasteiger partial charge in [0.25, 0.3) is 0 Å². The molecule has 1 unspecified atom stereocenters. The Morgan fingerprint density at radius 1 is 1.38 bits per heavy atom. The fourth-order valence-corrected chi connectivity index (χ4v) is 2.43. The van der Waals surface area contributed by atoms with E-state index in [0.29, 0.717) is 5.92 Å². The average molecular weight is 284 g/mol. The van der Waals surface area contributed by atoms with Crippen LogP contribution in [0.3, 0.4) is 0 Å². The Labute approximate surface area is 129 Å². The van der Waals surface area contributed by atoms with Crippen LogP contribution in [-0.4, -0.2) is 13.3 Å². The van der Waals surface area contributed by atoms with Crippen molar-refractivity contribution in [3.05, 3.63) is 54.4 Å². The predicted octanol–water partition coefficient (Wildman–Crippen LogP) is 5.22. The van der Waals surface area contributed by atoms with Gasteiger partial charge in [-0.3, -0.25) is 4.99 Å². The van der Waals surface area contributed by atoms with Gasteiger partial charge >= 0.3 is 0 Å². The summed E-state index contributed by atoms with van der Waals surface area (Å²) in [6.07, 6.45) is 7.03. The number of anilines is 1. The standard InChI is InChI=1S/C19H28N2/c1-6-9-16(3)17(4)14-18-10-8-11-19(15-18)21(7-2)13-12-20-5/h8,10-13,15,17H,3,5-7,9,14H2,1-2,4H3/b13-12-. The third kappa shape index (κ3) is 5.58. The van der Waals surface area contributed by atoms with Crippen molar-refractivity contribution in [3.8, 4) is 0 Å². The summed E-state index contributed by atoms with van der Waals surface area (Å²) in [6, 6.07) is 8.71. The summed E-state index contributed by atoms with van der Waals surface area (Å²) in [4.78, 5) is 5.95. The van der Waals surface area contributed by atoms with E-state index in [1.807, 2.05) is 6.20 Å². The van der Waals surface area contributed by atoms with Crippen molar-refractivity contribution in [2.24, 2.45) is 10.9 Å². The monoisotopic (exact) mass is 284 g/mol. The molecule has 114 valence electrons. The molecule has 0 aliphatic rings. The number of nitrogens with zero attached hydrogens (tertiary/aromatic N) is 2. The van der Waals surface area contributed by atoms with E-state index in [0.717, 1.165) is 19.4 Å². The van der Waals surface area contributed by atoms with Gasteiger partial charge in [0.1, 0.15) is 0 Å². The van der Waals surface area contributed by atoms with Gasteiger partial charge in [-0.05, 0) is 50.1 Å². The van der Waals surface area contributed by atoms with Gasteiger partial charge in [0.2, 0.25) is 0 Å². The third-order valence-electron chi connectivity index (χ3n) is 3.74. The van der Waals surface area contributed by atoms with Gasteiger partial charge in [0.15, 0.2) is 0 Å². The van der Waals surface area contributed by atoms with Gasteiger partial charge in [-0.2, -0.15) is 0 Å². The lowest BCUT2D eigenvalue weighted by Crippen LogP contribution is -2.15. The van der Waals surface area contributed by atoms with E-state index in [-0.39, 0.29) is 0 Å². The molecule has 0 aliphatic heterocycles. The second-order valence-electron chi connectivity index (χ2n) is 5.45. The predicted molar refractivity (Wildman–Crippen MR) is 95.1 cm³/mol. The summed E-state index contributed by atoms with van der Waals surface area (Å²) in [7, 11) is 0. The highest BCUT2D eigenvalue weighted by Gasteiger charge is 2.08. The fraction of sp³-hybridized carbons (Fsp3) is 0.421. The summed E-state index contributed by atoms with van der Waals surface area (Å²) < 4.78 is 0. The molecular formula is C19H28N2. The smallest absolute Gasteiger partial charge is 0.0423 e. The summed E-state index contributed by atoms with van der Waals surface area (Å²) in [6.45, 7) is 15.2. The maximum atomic E-state index is 4.21. The number of hydrogen-bond acceptors (Lipinski definition) is 2. The Hall–Kier alpha value is -1.83. The topological polar surface area (TPSA) is 15.6 Å². The third-order valence-corrected chi connectivity index (χ3v) is 3.74. The maximum Gasteiger partial charge on any atom is 0.0423 e. The van der Waals surface area contributed by atoms with E-state index < -0.39 is 0 Å². The average Bonchev–Trinajstić information content (AvgIpc) is 2.48. The highest BCUT2D eigenvalue weighted by Crippen LogP contribution is 2.22. The fourth-order valence-electron chi connectivity index (χ4n) is 2.43. The summed E-state index contributed by atoms with van der Waals surface area (Å²) in [5, 5.41) is 0. The minimum absolute atomic E-state index is 0.528. The van der Waals surface area contributed by atoms with Crippen LogP contribution in [0.25, 0.3) is 0 Å². The molecule has 2 nitrogen and oxygen atoms in total. The zero-order valence-electron chi connectivity index (χ0n) is 13.7. The molecule has 1 aromatic carbocycles. The second-order valence-corrected chi connectivity index (χ2v) is 5.45. The van der Waals surface area contributed by atoms with Crippen LogP contribution in [0.2, 0.25) is 0 Å². The molecule has 0 saturated heterocycles. The molecule has 0 heterocycles. The number of allylic oxidation sites excluding steroid dienone is 1. The molecule has 0 saturated carbocycles. The Balaban J connectivity index is 2.82. The molecule has 0 bridgehead atoms. The van der Waals surface area contributed by atoms with E-state index in [1.54, 1.807) is 6.20 Å². The van der Waals surface area contributed by atoms with Gasteiger partial charge in [0.05, 0.1) is 0 Å². The summed E-state index contributed by atoms with van der Waals surface area (Å²) in [5.74, 6) is 0.528. The van der Waals surface area contributed by atoms with Crippen molar-refractivity contribution in [3.63, 3.8) is 0 Å². The molecule has 1 aromatic rings. The molecule has 0 radical (unpaired) electrons. The van der Waals surface area contributed by atoms with Crippen molar-refractivity contribution >= 4 is 12.4 Å². The van der Waals surface area contributed by atoms with E-state index in [2.05, 4.69) is 68.2 Å². The van der Waals surface area contributed by atoms with Crippen molar-refractivity contribution in [2.45, 2.75) is 40.0 Å². The van der Waals surface area contributed by atoms with Crippen LogP contribution in [-0.2, 0) is 6.42 Å². The molecule has 1 atom stereocenters. The lowest BCUT2D eigenvalue weighted by Gasteiger charge is -2.20. The molecule has 0 aromatic heterocycles. The first-order chi connectivity index (χ1) is 10.1. The van der Waals surface area contributed by atoms with Crippen LogP contribution < -0.4 is 4.90 Å². The molecular weight excluding hydrogens is 256 g/mol. The number of benzene rings is 1. The normalized spacial score (nSPS) is 12.3. The van der Waals surface area contributed by atoms with Gasteiger partial charge < -0.3 is 4.90 Å². The highest BCUT2D eigenvalue weighted by molar-refractivity contribution is 5.51. The molecule has 21 heavy (non-hydrogen) atoms. The highest BCUT2D eigenvalue weighted by atomic mass is 15.1. The lowest BCUT2D eigenvalue weighted by atomic mass is 9.92. The van der Waals surface area contributed by atoms with Gasteiger partial charge in [0, 0.05) is 24.6 Å². The Morgan fingerprint density at radius 2 is 2.14 bits per heavy atom. The Morgan fingerprint density at radius 3 is 2.76 bits per heavy atom. The Kier molecular flexibility index (Phi) is 7.52. The van der Waals surface area contributed by atoms with Crippen LogP contribution in [0.1, 0.15) is 39.2 Å². The molecule has 0 amide bonds. The van der Waals surface area contributed by atoms with E-state index in [4.69, 9.17) is 0 Å². The van der Waals surface area contributed by atoms with Crippen LogP contribution >= 0.6 is 0 Å². The van der Waals surface area contributed by atoms with E-state index in [9.17, 15) is 0 Å². The largest absolute Gasteiger partial charge is 0.347 e. The minimum atomic E-state index is 0.528. The first-order valence-corrected chi connectivity index (χ1v) is 7.78. The van der Waals surface area contributed by atoms with Gasteiger partial charge in [-0.1, -0.05) is 44.6 Å². The Bertz CT molecular complexity index is 488.